The van der Waals surface area contributed by atoms with Crippen LogP contribution in [-0.2, 0) is 0 Å². The standard InChI is InChI=1S/C10H13NO3S/c11-7-2-3-9(15-5-1-4-12)8(6-7)10(13)14/h2-3,6,12H,1,4-5,11H2,(H,13,14). The molecular weight excluding hydrogens is 214 g/mol. The van der Waals surface area contributed by atoms with Gasteiger partial charge in [-0.25, -0.2) is 4.79 Å². The molecule has 4 nitrogen and oxygen atoms in total. The Morgan fingerprint density at radius 3 is 2.80 bits per heavy atom. The van der Waals surface area contributed by atoms with Crippen LogP contribution in [0.25, 0.3) is 0 Å². The molecule has 0 aliphatic rings. The average Bonchev–Trinajstić information content (AvgIpc) is 2.20. The first-order chi connectivity index (χ1) is 7.15. The Bertz CT molecular complexity index is 355. The minimum Gasteiger partial charge on any atom is -0.478 e. The number of nitrogen functional groups attached to an aromatic ring is 1. The number of hydrogen-bond donors (Lipinski definition) is 3. The van der Waals surface area contributed by atoms with Gasteiger partial charge >= 0.3 is 5.97 Å². The third-order valence-electron chi connectivity index (χ3n) is 1.79. The Morgan fingerprint density at radius 2 is 2.20 bits per heavy atom. The lowest BCUT2D eigenvalue weighted by atomic mass is 10.2. The first-order valence-electron chi connectivity index (χ1n) is 4.51. The summed E-state index contributed by atoms with van der Waals surface area (Å²) in [4.78, 5) is 11.6. The molecule has 0 spiro atoms. The maximum Gasteiger partial charge on any atom is 0.336 e. The van der Waals surface area contributed by atoms with Gasteiger partial charge < -0.3 is 15.9 Å². The van der Waals surface area contributed by atoms with E-state index in [0.717, 1.165) is 0 Å². The number of hydrogen-bond acceptors (Lipinski definition) is 4. The summed E-state index contributed by atoms with van der Waals surface area (Å²) in [5.74, 6) is -0.283. The van der Waals surface area contributed by atoms with E-state index < -0.39 is 5.97 Å². The Labute approximate surface area is 92.1 Å². The van der Waals surface area contributed by atoms with Crippen molar-refractivity contribution in [3.63, 3.8) is 0 Å². The highest BCUT2D eigenvalue weighted by Crippen LogP contribution is 2.25. The zero-order chi connectivity index (χ0) is 11.3. The highest BCUT2D eigenvalue weighted by atomic mass is 32.2. The van der Waals surface area contributed by atoms with E-state index in [-0.39, 0.29) is 12.2 Å². The van der Waals surface area contributed by atoms with Crippen molar-refractivity contribution >= 4 is 23.4 Å². The van der Waals surface area contributed by atoms with E-state index >= 15 is 0 Å². The lowest BCUT2D eigenvalue weighted by molar-refractivity contribution is 0.0693. The Hall–Kier alpha value is -1.20. The molecule has 0 unspecified atom stereocenters. The third-order valence-corrected chi connectivity index (χ3v) is 2.95. The molecule has 1 rings (SSSR count). The molecule has 0 aliphatic heterocycles. The van der Waals surface area contributed by atoms with Gasteiger partial charge in [-0.15, -0.1) is 11.8 Å². The highest BCUT2D eigenvalue weighted by Gasteiger charge is 2.10. The maximum absolute atomic E-state index is 10.9. The van der Waals surface area contributed by atoms with Crippen molar-refractivity contribution < 1.29 is 15.0 Å². The molecule has 0 atom stereocenters. The van der Waals surface area contributed by atoms with Crippen LogP contribution in [0.4, 0.5) is 5.69 Å². The minimum atomic E-state index is -0.978. The summed E-state index contributed by atoms with van der Waals surface area (Å²) in [5, 5.41) is 17.5. The Kier molecular flexibility index (Phi) is 4.45. The van der Waals surface area contributed by atoms with Crippen LogP contribution in [0.15, 0.2) is 23.1 Å². The number of anilines is 1. The Balaban J connectivity index is 2.81. The smallest absolute Gasteiger partial charge is 0.336 e. The Morgan fingerprint density at radius 1 is 1.47 bits per heavy atom. The predicted molar refractivity (Wildman–Crippen MR) is 60.2 cm³/mol. The van der Waals surface area contributed by atoms with E-state index in [4.69, 9.17) is 15.9 Å². The van der Waals surface area contributed by atoms with Crippen molar-refractivity contribution in [1.82, 2.24) is 0 Å². The fraction of sp³-hybridized carbons (Fsp3) is 0.300. The molecule has 0 bridgehead atoms. The summed E-state index contributed by atoms with van der Waals surface area (Å²) < 4.78 is 0. The minimum absolute atomic E-state index is 0.115. The lowest BCUT2D eigenvalue weighted by Gasteiger charge is -2.05. The van der Waals surface area contributed by atoms with Crippen molar-refractivity contribution in [2.75, 3.05) is 18.1 Å². The van der Waals surface area contributed by atoms with Crippen molar-refractivity contribution in [2.24, 2.45) is 0 Å². The normalized spacial score (nSPS) is 10.2. The number of carboxylic acid groups (broad SMARTS) is 1. The van der Waals surface area contributed by atoms with Gasteiger partial charge in [0, 0.05) is 22.9 Å². The predicted octanol–water partition coefficient (Wildman–Crippen LogP) is 1.44. The van der Waals surface area contributed by atoms with Crippen LogP contribution in [-0.4, -0.2) is 28.5 Å². The molecule has 82 valence electrons. The van der Waals surface area contributed by atoms with Crippen LogP contribution >= 0.6 is 11.8 Å². The summed E-state index contributed by atoms with van der Waals surface area (Å²) in [6.45, 7) is 0.115. The van der Waals surface area contributed by atoms with Crippen LogP contribution in [0, 0.1) is 0 Å². The number of aliphatic hydroxyl groups excluding tert-OH is 1. The molecule has 0 aromatic heterocycles. The SMILES string of the molecule is Nc1ccc(SCCCO)c(C(=O)O)c1. The number of aromatic carboxylic acids is 1. The van der Waals surface area contributed by atoms with Crippen LogP contribution in [0.2, 0.25) is 0 Å². The lowest BCUT2D eigenvalue weighted by Crippen LogP contribution is -2.01. The molecule has 0 aliphatic carbocycles. The van der Waals surface area contributed by atoms with Crippen molar-refractivity contribution in [2.45, 2.75) is 11.3 Å². The average molecular weight is 227 g/mol. The molecule has 1 aromatic carbocycles. The zero-order valence-corrected chi connectivity index (χ0v) is 8.96. The number of nitrogens with two attached hydrogens (primary N) is 1. The van der Waals surface area contributed by atoms with E-state index in [1.165, 1.54) is 17.8 Å². The van der Waals surface area contributed by atoms with Crippen molar-refractivity contribution in [3.05, 3.63) is 23.8 Å². The summed E-state index contributed by atoms with van der Waals surface area (Å²) >= 11 is 1.41. The summed E-state index contributed by atoms with van der Waals surface area (Å²) in [6.07, 6.45) is 0.647. The van der Waals surface area contributed by atoms with Gasteiger partial charge in [-0.3, -0.25) is 0 Å². The number of benzene rings is 1. The fourth-order valence-electron chi connectivity index (χ4n) is 1.09. The molecule has 0 saturated carbocycles. The first kappa shape index (κ1) is 11.9. The number of thioether (sulfide) groups is 1. The largest absolute Gasteiger partial charge is 0.478 e. The molecule has 0 fully saturated rings. The van der Waals surface area contributed by atoms with E-state index in [2.05, 4.69) is 0 Å². The van der Waals surface area contributed by atoms with Crippen LogP contribution in [0.1, 0.15) is 16.8 Å². The second-order valence-corrected chi connectivity index (χ2v) is 4.12. The second-order valence-electron chi connectivity index (χ2n) is 2.99. The van der Waals surface area contributed by atoms with Crippen molar-refractivity contribution in [1.29, 1.82) is 0 Å². The fourth-order valence-corrected chi connectivity index (χ4v) is 2.05. The van der Waals surface area contributed by atoms with Gasteiger partial charge in [0.1, 0.15) is 0 Å². The molecule has 0 saturated heterocycles. The number of aliphatic hydroxyl groups is 1. The van der Waals surface area contributed by atoms with Gasteiger partial charge in [-0.05, 0) is 24.6 Å². The molecule has 0 heterocycles. The molecule has 15 heavy (non-hydrogen) atoms. The molecule has 0 radical (unpaired) electrons. The molecular formula is C10H13NO3S. The zero-order valence-electron chi connectivity index (χ0n) is 8.14. The van der Waals surface area contributed by atoms with Gasteiger partial charge in [0.25, 0.3) is 0 Å². The van der Waals surface area contributed by atoms with E-state index in [9.17, 15) is 4.79 Å². The quantitative estimate of drug-likeness (QED) is 0.403. The summed E-state index contributed by atoms with van der Waals surface area (Å²) in [7, 11) is 0. The van der Waals surface area contributed by atoms with E-state index in [0.29, 0.717) is 22.8 Å². The number of carbonyl (C=O) groups is 1. The summed E-state index contributed by atoms with van der Waals surface area (Å²) in [5.41, 5.74) is 6.17. The molecule has 5 heteroatoms. The maximum atomic E-state index is 10.9. The molecule has 0 amide bonds. The molecule has 4 N–H and O–H groups in total. The van der Waals surface area contributed by atoms with Gasteiger partial charge in [0.05, 0.1) is 5.56 Å². The van der Waals surface area contributed by atoms with Gasteiger partial charge in [-0.1, -0.05) is 0 Å². The third kappa shape index (κ3) is 3.45. The van der Waals surface area contributed by atoms with Crippen LogP contribution in [0.5, 0.6) is 0 Å². The topological polar surface area (TPSA) is 83.5 Å². The highest BCUT2D eigenvalue weighted by molar-refractivity contribution is 7.99. The van der Waals surface area contributed by atoms with Gasteiger partial charge in [0.2, 0.25) is 0 Å². The first-order valence-corrected chi connectivity index (χ1v) is 5.50. The monoisotopic (exact) mass is 227 g/mol. The van der Waals surface area contributed by atoms with Gasteiger partial charge in [-0.2, -0.15) is 0 Å². The van der Waals surface area contributed by atoms with Crippen LogP contribution in [0.3, 0.4) is 0 Å². The molecule has 1 aromatic rings. The van der Waals surface area contributed by atoms with Gasteiger partial charge in [0.15, 0.2) is 0 Å². The van der Waals surface area contributed by atoms with Crippen LogP contribution < -0.4 is 5.73 Å². The number of rotatable bonds is 5. The number of carboxylic acids is 1. The van der Waals surface area contributed by atoms with Crippen molar-refractivity contribution in [3.8, 4) is 0 Å². The summed E-state index contributed by atoms with van der Waals surface area (Å²) in [6, 6.07) is 4.82. The van der Waals surface area contributed by atoms with E-state index in [1.54, 1.807) is 12.1 Å². The second kappa shape index (κ2) is 5.63. The van der Waals surface area contributed by atoms with E-state index in [1.807, 2.05) is 0 Å².